The normalized spacial score (nSPS) is 12.1. The maximum Gasteiger partial charge on any atom is 0.263 e. The van der Waals surface area contributed by atoms with E-state index in [1.807, 2.05) is 0 Å². The molecular formula is C8H12N4O3S. The highest BCUT2D eigenvalue weighted by atomic mass is 32.1. The minimum absolute atomic E-state index is 0.231. The van der Waals surface area contributed by atoms with Gasteiger partial charge in [0.05, 0.1) is 12.2 Å². The Hall–Kier alpha value is -1.67. The van der Waals surface area contributed by atoms with Gasteiger partial charge in [-0.25, -0.2) is 4.98 Å². The lowest BCUT2D eigenvalue weighted by molar-refractivity contribution is -0.125. The number of carbonyl (C=O) groups is 2. The van der Waals surface area contributed by atoms with Crippen LogP contribution in [0.4, 0.5) is 5.13 Å². The van der Waals surface area contributed by atoms with Gasteiger partial charge in [-0.15, -0.1) is 0 Å². The van der Waals surface area contributed by atoms with Crippen molar-refractivity contribution in [1.82, 2.24) is 10.3 Å². The van der Waals surface area contributed by atoms with Gasteiger partial charge < -0.3 is 21.9 Å². The number of nitrogens with two attached hydrogens (primary N) is 2. The largest absolute Gasteiger partial charge is 0.381 e. The van der Waals surface area contributed by atoms with Crippen molar-refractivity contribution in [3.8, 4) is 0 Å². The van der Waals surface area contributed by atoms with Crippen LogP contribution in [0.15, 0.2) is 0 Å². The van der Waals surface area contributed by atoms with Crippen molar-refractivity contribution in [2.45, 2.75) is 13.0 Å². The molecule has 2 amide bonds. The number of aliphatic hydroxyl groups excluding tert-OH is 1. The predicted octanol–water partition coefficient (Wildman–Crippen LogP) is -1.39. The van der Waals surface area contributed by atoms with E-state index in [0.29, 0.717) is 10.6 Å². The van der Waals surface area contributed by atoms with Gasteiger partial charge in [0.15, 0.2) is 5.13 Å². The second-order valence-electron chi connectivity index (χ2n) is 3.09. The molecule has 0 bridgehead atoms. The number of rotatable bonds is 4. The molecule has 8 heteroatoms. The number of aliphatic hydroxyl groups is 1. The third-order valence-corrected chi connectivity index (χ3v) is 2.79. The zero-order chi connectivity index (χ0) is 12.3. The minimum atomic E-state index is -1.39. The van der Waals surface area contributed by atoms with Crippen LogP contribution in [0.2, 0.25) is 0 Å². The monoisotopic (exact) mass is 244 g/mol. The topological polar surface area (TPSA) is 131 Å². The first-order chi connectivity index (χ1) is 7.41. The summed E-state index contributed by atoms with van der Waals surface area (Å²) < 4.78 is 0. The Bertz CT molecular complexity index is 417. The van der Waals surface area contributed by atoms with Crippen molar-refractivity contribution in [1.29, 1.82) is 0 Å². The number of carbonyl (C=O) groups excluding carboxylic acids is 2. The molecule has 0 aliphatic heterocycles. The lowest BCUT2D eigenvalue weighted by Gasteiger charge is -2.07. The van der Waals surface area contributed by atoms with Crippen LogP contribution in [0.3, 0.4) is 0 Å². The fourth-order valence-corrected chi connectivity index (χ4v) is 1.75. The van der Waals surface area contributed by atoms with Crippen LogP contribution in [0.25, 0.3) is 0 Å². The molecule has 0 aromatic carbocycles. The van der Waals surface area contributed by atoms with E-state index in [-0.39, 0.29) is 11.7 Å². The number of anilines is 1. The fraction of sp³-hybridized carbons (Fsp3) is 0.375. The Morgan fingerprint density at radius 1 is 1.62 bits per heavy atom. The highest BCUT2D eigenvalue weighted by Gasteiger charge is 2.17. The molecule has 1 heterocycles. The third-order valence-electron chi connectivity index (χ3n) is 1.80. The van der Waals surface area contributed by atoms with Crippen LogP contribution < -0.4 is 16.8 Å². The van der Waals surface area contributed by atoms with Gasteiger partial charge in [0.1, 0.15) is 11.0 Å². The zero-order valence-corrected chi connectivity index (χ0v) is 9.37. The summed E-state index contributed by atoms with van der Waals surface area (Å²) in [4.78, 5) is 26.3. The van der Waals surface area contributed by atoms with Gasteiger partial charge >= 0.3 is 0 Å². The highest BCUT2D eigenvalue weighted by Crippen LogP contribution is 2.19. The lowest BCUT2D eigenvalue weighted by atomic mass is 10.3. The van der Waals surface area contributed by atoms with Crippen molar-refractivity contribution in [2.75, 3.05) is 12.3 Å². The highest BCUT2D eigenvalue weighted by molar-refractivity contribution is 7.17. The van der Waals surface area contributed by atoms with Crippen LogP contribution in [-0.4, -0.2) is 34.6 Å². The van der Waals surface area contributed by atoms with Crippen molar-refractivity contribution in [3.05, 3.63) is 10.6 Å². The van der Waals surface area contributed by atoms with Crippen molar-refractivity contribution in [2.24, 2.45) is 5.73 Å². The van der Waals surface area contributed by atoms with E-state index in [9.17, 15) is 9.59 Å². The molecule has 0 saturated heterocycles. The molecule has 6 N–H and O–H groups in total. The summed E-state index contributed by atoms with van der Waals surface area (Å²) in [7, 11) is 0. The quantitative estimate of drug-likeness (QED) is 0.517. The number of hydrogen-bond acceptors (Lipinski definition) is 6. The van der Waals surface area contributed by atoms with Crippen LogP contribution in [0, 0.1) is 6.92 Å². The van der Waals surface area contributed by atoms with E-state index in [2.05, 4.69) is 10.3 Å². The number of primary amides is 1. The van der Waals surface area contributed by atoms with Crippen molar-refractivity contribution in [3.63, 3.8) is 0 Å². The second kappa shape index (κ2) is 4.90. The van der Waals surface area contributed by atoms with Gasteiger partial charge in [-0.05, 0) is 6.92 Å². The van der Waals surface area contributed by atoms with Crippen LogP contribution in [-0.2, 0) is 4.79 Å². The summed E-state index contributed by atoms with van der Waals surface area (Å²) in [5, 5.41) is 11.7. The summed E-state index contributed by atoms with van der Waals surface area (Å²) in [5.74, 6) is -1.33. The summed E-state index contributed by atoms with van der Waals surface area (Å²) >= 11 is 1.04. The molecule has 16 heavy (non-hydrogen) atoms. The van der Waals surface area contributed by atoms with Crippen molar-refractivity contribution < 1.29 is 14.7 Å². The first-order valence-electron chi connectivity index (χ1n) is 4.40. The Kier molecular flexibility index (Phi) is 3.80. The molecule has 7 nitrogen and oxygen atoms in total. The SMILES string of the molecule is Cc1nc(N)sc1C(=O)NCC(O)C(N)=O. The number of nitrogens with zero attached hydrogens (tertiary/aromatic N) is 1. The van der Waals surface area contributed by atoms with Crippen molar-refractivity contribution >= 4 is 28.3 Å². The number of amides is 2. The smallest absolute Gasteiger partial charge is 0.263 e. The van der Waals surface area contributed by atoms with E-state index in [4.69, 9.17) is 16.6 Å². The number of aryl methyl sites for hydroxylation is 1. The fourth-order valence-electron chi connectivity index (χ4n) is 0.998. The first-order valence-corrected chi connectivity index (χ1v) is 5.22. The standard InChI is InChI=1S/C8H12N4O3S/c1-3-5(16-8(10)12-3)7(15)11-2-4(13)6(9)14/h4,13H,2H2,1H3,(H2,9,14)(H2,10,12)(H,11,15). The van der Waals surface area contributed by atoms with Crippen LogP contribution in [0.1, 0.15) is 15.4 Å². The van der Waals surface area contributed by atoms with Crippen LogP contribution >= 0.6 is 11.3 Å². The molecule has 1 aromatic rings. The molecular weight excluding hydrogens is 232 g/mol. The summed E-state index contributed by atoms with van der Waals surface area (Å²) in [5.41, 5.74) is 10.8. The first kappa shape index (κ1) is 12.4. The molecule has 0 fully saturated rings. The second-order valence-corrected chi connectivity index (χ2v) is 4.13. The molecule has 1 rings (SSSR count). The molecule has 1 atom stereocenters. The molecule has 0 aliphatic rings. The molecule has 1 aromatic heterocycles. The van der Waals surface area contributed by atoms with Gasteiger partial charge in [-0.2, -0.15) is 0 Å². The summed E-state index contributed by atoms with van der Waals surface area (Å²) in [6.45, 7) is 1.41. The maximum atomic E-state index is 11.5. The van der Waals surface area contributed by atoms with Gasteiger partial charge in [0, 0.05) is 0 Å². The summed E-state index contributed by atoms with van der Waals surface area (Å²) in [6.07, 6.45) is -1.39. The van der Waals surface area contributed by atoms with Gasteiger partial charge in [0.25, 0.3) is 5.91 Å². The number of thiazole rings is 1. The average Bonchev–Trinajstić information content (AvgIpc) is 2.53. The van der Waals surface area contributed by atoms with Crippen LogP contribution in [0.5, 0.6) is 0 Å². The number of aromatic nitrogens is 1. The van der Waals surface area contributed by atoms with E-state index >= 15 is 0 Å². The average molecular weight is 244 g/mol. The van der Waals surface area contributed by atoms with E-state index in [0.717, 1.165) is 11.3 Å². The number of nitrogens with one attached hydrogen (secondary N) is 1. The number of nitrogen functional groups attached to an aromatic ring is 1. The van der Waals surface area contributed by atoms with Gasteiger partial charge in [-0.1, -0.05) is 11.3 Å². The maximum absolute atomic E-state index is 11.5. The van der Waals surface area contributed by atoms with Gasteiger partial charge in [0.2, 0.25) is 5.91 Å². The molecule has 0 saturated carbocycles. The predicted molar refractivity (Wildman–Crippen MR) is 58.8 cm³/mol. The Labute approximate surface area is 95.5 Å². The molecule has 88 valence electrons. The molecule has 0 radical (unpaired) electrons. The van der Waals surface area contributed by atoms with Gasteiger partial charge in [-0.3, -0.25) is 9.59 Å². The van der Waals surface area contributed by atoms with E-state index in [1.165, 1.54) is 0 Å². The summed E-state index contributed by atoms with van der Waals surface area (Å²) in [6, 6.07) is 0. The third kappa shape index (κ3) is 2.91. The Balaban J connectivity index is 2.60. The van der Waals surface area contributed by atoms with E-state index < -0.39 is 17.9 Å². The Morgan fingerprint density at radius 2 is 2.25 bits per heavy atom. The zero-order valence-electron chi connectivity index (χ0n) is 8.56. The Morgan fingerprint density at radius 3 is 2.69 bits per heavy atom. The van der Waals surface area contributed by atoms with E-state index in [1.54, 1.807) is 6.92 Å². The number of hydrogen-bond donors (Lipinski definition) is 4. The lowest BCUT2D eigenvalue weighted by Crippen LogP contribution is -2.39. The molecule has 0 spiro atoms. The molecule has 0 aliphatic carbocycles. The molecule has 1 unspecified atom stereocenters. The minimum Gasteiger partial charge on any atom is -0.381 e.